The van der Waals surface area contributed by atoms with Crippen molar-refractivity contribution < 1.29 is 71.8 Å². The van der Waals surface area contributed by atoms with Gasteiger partial charge in [0.1, 0.15) is 0 Å². The van der Waals surface area contributed by atoms with Crippen LogP contribution in [0.3, 0.4) is 0 Å². The first-order valence-electron chi connectivity index (χ1n) is 17.8. The number of nitrogens with zero attached hydrogens (tertiary/aromatic N) is 2. The van der Waals surface area contributed by atoms with Gasteiger partial charge in [-0.1, -0.05) is 0 Å². The molecule has 0 atom stereocenters. The fourth-order valence-electron chi connectivity index (χ4n) is 7.97. The highest BCUT2D eigenvalue weighted by Gasteiger charge is 2.30. The van der Waals surface area contributed by atoms with Crippen molar-refractivity contribution in [2.45, 2.75) is 38.8 Å². The number of unbranched alkanes of at least 4 members (excludes halogenated alkanes) is 1. The number of hydrogen-bond acceptors (Lipinski definition) is 8. The molecule has 278 valence electrons. The van der Waals surface area contributed by atoms with Crippen molar-refractivity contribution in [1.82, 2.24) is 0 Å². The maximum Gasteiger partial charge on any atom is 0.231 e. The van der Waals surface area contributed by atoms with Crippen LogP contribution in [0.25, 0.3) is 44.1 Å². The number of rotatable bonds is 9. The highest BCUT2D eigenvalue weighted by atomic mass is 35.5. The molecule has 0 amide bonds. The summed E-state index contributed by atoms with van der Waals surface area (Å²) in [6.07, 6.45) is 7.83. The molecule has 6 heterocycles. The number of pyridine rings is 2. The minimum atomic E-state index is 0. The molecule has 0 bridgehead atoms. The Morgan fingerprint density at radius 2 is 0.981 bits per heavy atom. The second-order valence-electron chi connectivity index (χ2n) is 13.5. The van der Waals surface area contributed by atoms with Crippen LogP contribution in [0.4, 0.5) is 0 Å². The number of hydrogen-bond donors (Lipinski definition) is 0. The lowest BCUT2D eigenvalue weighted by Gasteiger charge is -2.18. The fourth-order valence-corrected chi connectivity index (χ4v) is 7.97. The van der Waals surface area contributed by atoms with E-state index in [1.807, 2.05) is 12.1 Å². The third-order valence-electron chi connectivity index (χ3n) is 10.6. The molecular weight excluding hydrogens is 731 g/mol. The summed E-state index contributed by atoms with van der Waals surface area (Å²) in [4.78, 5) is 0. The number of methoxy groups -OCH3 is 2. The van der Waals surface area contributed by atoms with Crippen LogP contribution < -0.4 is 71.8 Å². The summed E-state index contributed by atoms with van der Waals surface area (Å²) in [6, 6.07) is 21.1. The molecule has 4 aromatic carbocycles. The van der Waals surface area contributed by atoms with Crippen molar-refractivity contribution in [3.8, 4) is 68.5 Å². The Kier molecular flexibility index (Phi) is 9.58. The molecule has 2 aromatic heterocycles. The van der Waals surface area contributed by atoms with Crippen LogP contribution in [0.1, 0.15) is 24.0 Å². The molecule has 0 saturated heterocycles. The van der Waals surface area contributed by atoms with Gasteiger partial charge in [0.25, 0.3) is 0 Å². The first kappa shape index (κ1) is 35.7. The molecule has 10 nitrogen and oxygen atoms in total. The zero-order valence-corrected chi connectivity index (χ0v) is 31.4. The summed E-state index contributed by atoms with van der Waals surface area (Å²) in [5.41, 5.74) is 7.21. The van der Waals surface area contributed by atoms with E-state index in [4.69, 9.17) is 37.9 Å². The van der Waals surface area contributed by atoms with E-state index in [1.165, 1.54) is 22.3 Å². The lowest BCUT2D eigenvalue weighted by atomic mass is 9.95. The molecular formula is C42H38Cl2N2O8. The van der Waals surface area contributed by atoms with E-state index in [9.17, 15) is 0 Å². The number of aryl methyl sites for hydroxylation is 4. The van der Waals surface area contributed by atoms with Crippen molar-refractivity contribution in [2.24, 2.45) is 0 Å². The van der Waals surface area contributed by atoms with Gasteiger partial charge in [-0.3, -0.25) is 0 Å². The third-order valence-corrected chi connectivity index (χ3v) is 10.6. The van der Waals surface area contributed by atoms with Gasteiger partial charge >= 0.3 is 0 Å². The van der Waals surface area contributed by atoms with E-state index in [0.29, 0.717) is 13.2 Å². The van der Waals surface area contributed by atoms with Gasteiger partial charge in [0.2, 0.25) is 25.0 Å². The predicted octanol–water partition coefficient (Wildman–Crippen LogP) is 0.735. The van der Waals surface area contributed by atoms with E-state index in [-0.39, 0.29) is 38.4 Å². The number of benzene rings is 4. The predicted molar refractivity (Wildman–Crippen MR) is 192 cm³/mol. The fraction of sp³-hybridized carbons (Fsp3) is 0.286. The van der Waals surface area contributed by atoms with Gasteiger partial charge in [-0.05, 0) is 83.3 Å². The topological polar surface area (TPSA) is 81.6 Å². The maximum atomic E-state index is 6.47. The van der Waals surface area contributed by atoms with Gasteiger partial charge in [-0.25, -0.2) is 0 Å². The van der Waals surface area contributed by atoms with Crippen LogP contribution in [0.2, 0.25) is 0 Å². The molecule has 4 aliphatic heterocycles. The van der Waals surface area contributed by atoms with Gasteiger partial charge in [-0.2, -0.15) is 9.13 Å². The third kappa shape index (κ3) is 5.97. The minimum Gasteiger partial charge on any atom is -1.00 e. The molecule has 0 unspecified atom stereocenters. The monoisotopic (exact) mass is 768 g/mol. The largest absolute Gasteiger partial charge is 1.00 e. The average molecular weight is 770 g/mol. The second-order valence-corrected chi connectivity index (χ2v) is 13.5. The van der Waals surface area contributed by atoms with Crippen LogP contribution in [0.15, 0.2) is 73.1 Å². The molecule has 0 aliphatic carbocycles. The van der Waals surface area contributed by atoms with Gasteiger partial charge in [0.05, 0.1) is 49.3 Å². The number of fused-ring (bicyclic) bond motifs is 10. The maximum absolute atomic E-state index is 6.47. The van der Waals surface area contributed by atoms with Gasteiger partial charge in [0.15, 0.2) is 71.5 Å². The molecule has 54 heavy (non-hydrogen) atoms. The Hall–Kier alpha value is -5.32. The Labute approximate surface area is 324 Å². The van der Waals surface area contributed by atoms with E-state index in [0.717, 1.165) is 118 Å². The van der Waals surface area contributed by atoms with Crippen molar-refractivity contribution in [3.63, 3.8) is 0 Å². The van der Waals surface area contributed by atoms with Gasteiger partial charge in [-0.15, -0.1) is 0 Å². The summed E-state index contributed by atoms with van der Waals surface area (Å²) in [5.74, 6) is 6.21. The van der Waals surface area contributed by atoms with E-state index in [1.54, 1.807) is 14.2 Å². The molecule has 10 rings (SSSR count). The Balaban J connectivity index is 0.00000207. The lowest BCUT2D eigenvalue weighted by molar-refractivity contribution is -0.686. The molecule has 6 aromatic rings. The van der Waals surface area contributed by atoms with Crippen molar-refractivity contribution in [1.29, 1.82) is 0 Å². The molecule has 0 radical (unpaired) electrons. The highest BCUT2D eigenvalue weighted by molar-refractivity contribution is 5.93. The van der Waals surface area contributed by atoms with E-state index in [2.05, 4.69) is 70.1 Å². The second kappa shape index (κ2) is 14.5. The minimum absolute atomic E-state index is 0. The van der Waals surface area contributed by atoms with Crippen LogP contribution >= 0.6 is 0 Å². The summed E-state index contributed by atoms with van der Waals surface area (Å²) >= 11 is 0. The normalized spacial score (nSPS) is 13.9. The van der Waals surface area contributed by atoms with Crippen molar-refractivity contribution >= 4 is 21.5 Å². The highest BCUT2D eigenvalue weighted by Crippen LogP contribution is 2.43. The SMILES string of the molecule is COc1ccc2cc3[n+](cc2c1OCCCCOc1c(OC)ccc2cc4[n+](cc12)CCc1cc2c(cc1-4)OCO2)CCc1cc2c(cc1-3)OCO2.[Cl-].[Cl-]. The smallest absolute Gasteiger partial charge is 0.231 e. The van der Waals surface area contributed by atoms with Crippen LogP contribution in [-0.2, 0) is 25.9 Å². The van der Waals surface area contributed by atoms with Crippen molar-refractivity contribution in [2.75, 3.05) is 41.0 Å². The molecule has 0 fully saturated rings. The van der Waals surface area contributed by atoms with E-state index >= 15 is 0 Å². The average Bonchev–Trinajstić information content (AvgIpc) is 3.85. The zero-order valence-electron chi connectivity index (χ0n) is 29.9. The standard InChI is InChI=1S/C42H38N2O8.2ClH/c1-45-35-7-5-25-15-33-29-19-39-37(49-23-51-39)17-27(29)9-11-43(33)21-31(25)41(35)47-13-3-4-14-48-42-32-22-44-12-10-28-18-38-40(52-24-50-38)20-30(28)34(44)16-26(32)6-8-36(42)46-2;;/h5-8,15-22H,3-4,9-14,23-24H2,1-2H3;2*1H/q+2;;/p-2. The Bertz CT molecular complexity index is 2270. The zero-order chi connectivity index (χ0) is 34.8. The van der Waals surface area contributed by atoms with Gasteiger partial charge in [0, 0.05) is 25.0 Å². The first-order valence-corrected chi connectivity index (χ1v) is 17.8. The number of ether oxygens (including phenoxy) is 8. The Morgan fingerprint density at radius 1 is 0.556 bits per heavy atom. The molecule has 0 N–H and O–H groups in total. The van der Waals surface area contributed by atoms with Crippen LogP contribution in [0, 0.1) is 0 Å². The molecule has 4 aliphatic rings. The first-order chi connectivity index (χ1) is 25.6. The van der Waals surface area contributed by atoms with E-state index < -0.39 is 0 Å². The molecule has 0 saturated carbocycles. The molecule has 0 spiro atoms. The van der Waals surface area contributed by atoms with Gasteiger partial charge < -0.3 is 62.7 Å². The lowest BCUT2D eigenvalue weighted by Crippen LogP contribution is -3.00. The summed E-state index contributed by atoms with van der Waals surface area (Å²) in [5, 5.41) is 4.23. The summed E-state index contributed by atoms with van der Waals surface area (Å²) < 4.78 is 51.7. The van der Waals surface area contributed by atoms with Crippen molar-refractivity contribution in [3.05, 3.63) is 84.2 Å². The summed E-state index contributed by atoms with van der Waals surface area (Å²) in [7, 11) is 3.38. The quantitative estimate of drug-likeness (QED) is 0.158. The van der Waals surface area contributed by atoms with Crippen LogP contribution in [0.5, 0.6) is 46.0 Å². The number of halogens is 2. The summed E-state index contributed by atoms with van der Waals surface area (Å²) in [6.45, 7) is 3.33. The number of aromatic nitrogens is 2. The van der Waals surface area contributed by atoms with Crippen LogP contribution in [-0.4, -0.2) is 41.0 Å². The Morgan fingerprint density at radius 3 is 1.41 bits per heavy atom. The molecule has 12 heteroatoms.